The summed E-state index contributed by atoms with van der Waals surface area (Å²) in [6.45, 7) is 0. The molecule has 2 atom stereocenters. The van der Waals surface area contributed by atoms with Crippen molar-refractivity contribution in [3.8, 4) is 0 Å². The molecule has 2 saturated heterocycles. The molecule has 3 rings (SSSR count). The fraction of sp³-hybridized carbons (Fsp3) is 0.929. The van der Waals surface area contributed by atoms with E-state index >= 15 is 0 Å². The molecular weight excluding hydrogens is 230 g/mol. The lowest BCUT2D eigenvalue weighted by atomic mass is 9.89. The van der Waals surface area contributed by atoms with Gasteiger partial charge in [0.2, 0.25) is 0 Å². The van der Waals surface area contributed by atoms with Crippen LogP contribution in [0.3, 0.4) is 0 Å². The van der Waals surface area contributed by atoms with Gasteiger partial charge in [0.1, 0.15) is 5.78 Å². The molecule has 0 N–H and O–H groups in total. The maximum absolute atomic E-state index is 11.6. The molecule has 1 saturated carbocycles. The SMILES string of the molecule is CSC1CCC(N2C3CCC2CC(=O)C3)CC1. The van der Waals surface area contributed by atoms with Gasteiger partial charge in [-0.1, -0.05) is 0 Å². The molecule has 2 unspecified atom stereocenters. The first-order valence-corrected chi connectivity index (χ1v) is 8.38. The Labute approximate surface area is 109 Å². The predicted octanol–water partition coefficient (Wildman–Crippen LogP) is 2.86. The van der Waals surface area contributed by atoms with Crippen molar-refractivity contribution in [1.29, 1.82) is 0 Å². The Morgan fingerprint density at radius 2 is 1.47 bits per heavy atom. The van der Waals surface area contributed by atoms with Crippen LogP contribution in [0.1, 0.15) is 51.4 Å². The fourth-order valence-electron chi connectivity index (χ4n) is 4.18. The van der Waals surface area contributed by atoms with Gasteiger partial charge in [-0.25, -0.2) is 0 Å². The van der Waals surface area contributed by atoms with Crippen LogP contribution in [-0.4, -0.2) is 40.3 Å². The maximum Gasteiger partial charge on any atom is 0.136 e. The van der Waals surface area contributed by atoms with Gasteiger partial charge in [0.05, 0.1) is 0 Å². The second kappa shape index (κ2) is 4.93. The van der Waals surface area contributed by atoms with Crippen LogP contribution < -0.4 is 0 Å². The van der Waals surface area contributed by atoms with Crippen LogP contribution in [0.25, 0.3) is 0 Å². The van der Waals surface area contributed by atoms with Crippen molar-refractivity contribution in [3.63, 3.8) is 0 Å². The number of hydrogen-bond donors (Lipinski definition) is 0. The first-order chi connectivity index (χ1) is 8.28. The van der Waals surface area contributed by atoms with Crippen molar-refractivity contribution in [2.45, 2.75) is 74.7 Å². The molecule has 1 aliphatic carbocycles. The third-order valence-corrected chi connectivity index (χ3v) is 6.14. The van der Waals surface area contributed by atoms with Gasteiger partial charge >= 0.3 is 0 Å². The topological polar surface area (TPSA) is 20.3 Å². The van der Waals surface area contributed by atoms with Gasteiger partial charge in [-0.3, -0.25) is 9.69 Å². The highest BCUT2D eigenvalue weighted by atomic mass is 32.2. The lowest BCUT2D eigenvalue weighted by Crippen LogP contribution is -2.50. The number of carbonyl (C=O) groups is 1. The van der Waals surface area contributed by atoms with Gasteiger partial charge in [0, 0.05) is 36.2 Å². The summed E-state index contributed by atoms with van der Waals surface area (Å²) < 4.78 is 0. The molecule has 0 aromatic heterocycles. The Morgan fingerprint density at radius 3 is 2.00 bits per heavy atom. The van der Waals surface area contributed by atoms with E-state index in [4.69, 9.17) is 0 Å². The van der Waals surface area contributed by atoms with E-state index in [0.717, 1.165) is 24.1 Å². The van der Waals surface area contributed by atoms with Crippen LogP contribution in [0.5, 0.6) is 0 Å². The highest BCUT2D eigenvalue weighted by Gasteiger charge is 2.43. The van der Waals surface area contributed by atoms with Crippen LogP contribution >= 0.6 is 11.8 Å². The highest BCUT2D eigenvalue weighted by Crippen LogP contribution is 2.40. The van der Waals surface area contributed by atoms with Gasteiger partial charge in [-0.15, -0.1) is 0 Å². The van der Waals surface area contributed by atoms with Crippen LogP contribution in [0.15, 0.2) is 0 Å². The lowest BCUT2D eigenvalue weighted by molar-refractivity contribution is -0.124. The largest absolute Gasteiger partial charge is 0.300 e. The molecule has 96 valence electrons. The van der Waals surface area contributed by atoms with E-state index in [2.05, 4.69) is 11.2 Å². The highest BCUT2D eigenvalue weighted by molar-refractivity contribution is 7.99. The standard InChI is InChI=1S/C14H23NOS/c1-17-14-6-4-10(5-7-14)15-11-2-3-12(15)9-13(16)8-11/h10-12,14H,2-9H2,1H3. The number of thioether (sulfide) groups is 1. The zero-order chi connectivity index (χ0) is 11.8. The molecule has 17 heavy (non-hydrogen) atoms. The summed E-state index contributed by atoms with van der Waals surface area (Å²) in [5.41, 5.74) is 0. The molecule has 0 amide bonds. The second-order valence-corrected chi connectivity index (χ2v) is 7.08. The van der Waals surface area contributed by atoms with Crippen LogP contribution in [0.4, 0.5) is 0 Å². The van der Waals surface area contributed by atoms with E-state index in [1.165, 1.54) is 38.5 Å². The Hall–Kier alpha value is -0.0200. The zero-order valence-electron chi connectivity index (χ0n) is 10.7. The van der Waals surface area contributed by atoms with E-state index in [1.54, 1.807) is 0 Å². The summed E-state index contributed by atoms with van der Waals surface area (Å²) in [7, 11) is 0. The molecule has 3 heteroatoms. The van der Waals surface area contributed by atoms with Gasteiger partial charge < -0.3 is 0 Å². The molecule has 3 fully saturated rings. The van der Waals surface area contributed by atoms with Crippen LogP contribution in [0.2, 0.25) is 0 Å². The molecule has 0 radical (unpaired) electrons. The summed E-state index contributed by atoms with van der Waals surface area (Å²) in [6.07, 6.45) is 12.0. The van der Waals surface area contributed by atoms with Crippen LogP contribution in [0, 0.1) is 0 Å². The zero-order valence-corrected chi connectivity index (χ0v) is 11.5. The smallest absolute Gasteiger partial charge is 0.136 e. The van der Waals surface area contributed by atoms with Gasteiger partial charge in [-0.2, -0.15) is 11.8 Å². The fourth-order valence-corrected chi connectivity index (χ4v) is 4.92. The van der Waals surface area contributed by atoms with Crippen molar-refractivity contribution in [2.24, 2.45) is 0 Å². The quantitative estimate of drug-likeness (QED) is 0.755. The van der Waals surface area contributed by atoms with Gasteiger partial charge in [0.15, 0.2) is 0 Å². The summed E-state index contributed by atoms with van der Waals surface area (Å²) in [5.74, 6) is 0.520. The summed E-state index contributed by atoms with van der Waals surface area (Å²) in [5, 5.41) is 0.898. The number of fused-ring (bicyclic) bond motifs is 2. The monoisotopic (exact) mass is 253 g/mol. The number of carbonyl (C=O) groups excluding carboxylic acids is 1. The molecular formula is C14H23NOS. The average molecular weight is 253 g/mol. The van der Waals surface area contributed by atoms with Crippen LogP contribution in [-0.2, 0) is 4.79 Å². The van der Waals surface area contributed by atoms with Crippen molar-refractivity contribution < 1.29 is 4.79 Å². The number of rotatable bonds is 2. The first kappa shape index (κ1) is 12.0. The third kappa shape index (κ3) is 2.28. The normalized spacial score (nSPS) is 43.0. The summed E-state index contributed by atoms with van der Waals surface area (Å²) >= 11 is 2.04. The second-order valence-electron chi connectivity index (χ2n) is 5.95. The molecule has 2 heterocycles. The minimum absolute atomic E-state index is 0.520. The van der Waals surface area contributed by atoms with Gasteiger partial charge in [0.25, 0.3) is 0 Å². The Balaban J connectivity index is 1.64. The molecule has 2 nitrogen and oxygen atoms in total. The maximum atomic E-state index is 11.6. The Kier molecular flexibility index (Phi) is 3.49. The molecule has 2 aliphatic heterocycles. The minimum Gasteiger partial charge on any atom is -0.300 e. The van der Waals surface area contributed by atoms with E-state index in [1.807, 2.05) is 11.8 Å². The minimum atomic E-state index is 0.520. The Bertz CT molecular complexity index is 283. The number of hydrogen-bond acceptors (Lipinski definition) is 3. The predicted molar refractivity (Wildman–Crippen MR) is 72.4 cm³/mol. The van der Waals surface area contributed by atoms with Gasteiger partial charge in [-0.05, 0) is 44.8 Å². The van der Waals surface area contributed by atoms with E-state index in [0.29, 0.717) is 17.9 Å². The Morgan fingerprint density at radius 1 is 0.941 bits per heavy atom. The first-order valence-electron chi connectivity index (χ1n) is 7.10. The van der Waals surface area contributed by atoms with E-state index in [-0.39, 0.29) is 0 Å². The summed E-state index contributed by atoms with van der Waals surface area (Å²) in [6, 6.07) is 2.01. The van der Waals surface area contributed by atoms with Crippen molar-refractivity contribution in [3.05, 3.63) is 0 Å². The van der Waals surface area contributed by atoms with Crippen molar-refractivity contribution in [2.75, 3.05) is 6.26 Å². The average Bonchev–Trinajstić information content (AvgIpc) is 2.62. The number of nitrogens with zero attached hydrogens (tertiary/aromatic N) is 1. The van der Waals surface area contributed by atoms with E-state index < -0.39 is 0 Å². The summed E-state index contributed by atoms with van der Waals surface area (Å²) in [4.78, 5) is 14.4. The number of Topliss-reactive ketones (excluding diaryl/α,β-unsaturated/α-hetero) is 1. The molecule has 0 aromatic rings. The van der Waals surface area contributed by atoms with Crippen molar-refractivity contribution in [1.82, 2.24) is 4.90 Å². The molecule has 3 aliphatic rings. The molecule has 0 aromatic carbocycles. The van der Waals surface area contributed by atoms with Crippen molar-refractivity contribution >= 4 is 17.5 Å². The number of piperidine rings is 1. The third-order valence-electron chi connectivity index (χ3n) is 5.00. The lowest BCUT2D eigenvalue weighted by Gasteiger charge is -2.43. The molecule has 2 bridgehead atoms. The van der Waals surface area contributed by atoms with E-state index in [9.17, 15) is 4.79 Å². The molecule has 0 spiro atoms. The number of ketones is 1.